The molecule has 1 aromatic carbocycles. The summed E-state index contributed by atoms with van der Waals surface area (Å²) >= 11 is 0. The lowest BCUT2D eigenvalue weighted by Gasteiger charge is -2.47. The lowest BCUT2D eigenvalue weighted by atomic mass is 9.66. The lowest BCUT2D eigenvalue weighted by molar-refractivity contribution is 0.133. The molecule has 34 heavy (non-hydrogen) atoms. The molecule has 0 spiro atoms. The van der Waals surface area contributed by atoms with Gasteiger partial charge >= 0.3 is 0 Å². The molecule has 5 aliphatic carbocycles. The van der Waals surface area contributed by atoms with Crippen LogP contribution in [0.1, 0.15) is 70.3 Å². The Morgan fingerprint density at radius 1 is 0.824 bits per heavy atom. The zero-order valence-electron chi connectivity index (χ0n) is 21.8. The molecule has 1 aromatic rings. The molecule has 1 heteroatoms. The number of benzene rings is 1. The maximum absolute atomic E-state index is 2.84. The number of allylic oxidation sites excluding steroid dienone is 6. The van der Waals surface area contributed by atoms with E-state index in [1.165, 1.54) is 63.4 Å². The van der Waals surface area contributed by atoms with Crippen molar-refractivity contribution in [1.82, 2.24) is 0 Å². The van der Waals surface area contributed by atoms with Gasteiger partial charge in [-0.3, -0.25) is 0 Å². The van der Waals surface area contributed by atoms with Gasteiger partial charge in [0.25, 0.3) is 0 Å². The quantitative estimate of drug-likeness (QED) is 0.303. The smallest absolute Gasteiger partial charge is 0.0547 e. The van der Waals surface area contributed by atoms with Crippen LogP contribution in [0.15, 0.2) is 60.7 Å². The topological polar surface area (TPSA) is 0 Å². The molecule has 0 aromatic heterocycles. The second-order valence-electron chi connectivity index (χ2n) is 13.2. The first-order valence-electron chi connectivity index (χ1n) is 14.7. The Morgan fingerprint density at radius 2 is 1.65 bits per heavy atom. The molecule has 0 radical (unpaired) electrons. The van der Waals surface area contributed by atoms with Crippen LogP contribution in [-0.4, -0.2) is 8.07 Å². The SMILES string of the molecule is CC1CC2C(CCC[C@@H]2[C@H]2C=CCCC2)C1[Si](C)(C)C1CCC2C(c3ccccc3)=CC=CC21. The first-order chi connectivity index (χ1) is 16.6. The van der Waals surface area contributed by atoms with Crippen molar-refractivity contribution >= 4 is 13.6 Å². The number of fused-ring (bicyclic) bond motifs is 2. The largest absolute Gasteiger partial charge is 0.0882 e. The van der Waals surface area contributed by atoms with E-state index in [4.69, 9.17) is 0 Å². The Bertz CT molecular complexity index is 952. The highest BCUT2D eigenvalue weighted by Gasteiger charge is 2.57. The Balaban J connectivity index is 1.24. The summed E-state index contributed by atoms with van der Waals surface area (Å²) in [5.41, 5.74) is 5.09. The fraction of sp³-hybridized carbons (Fsp3) is 0.636. The second kappa shape index (κ2) is 9.27. The molecule has 5 aliphatic rings. The fourth-order valence-corrected chi connectivity index (χ4v) is 16.1. The van der Waals surface area contributed by atoms with E-state index >= 15 is 0 Å². The van der Waals surface area contributed by atoms with Gasteiger partial charge in [0.1, 0.15) is 0 Å². The van der Waals surface area contributed by atoms with Gasteiger partial charge in [-0.25, -0.2) is 0 Å². The van der Waals surface area contributed by atoms with Crippen molar-refractivity contribution in [3.8, 4) is 0 Å². The molecule has 0 heterocycles. The Morgan fingerprint density at radius 3 is 2.44 bits per heavy atom. The zero-order chi connectivity index (χ0) is 23.3. The van der Waals surface area contributed by atoms with Crippen molar-refractivity contribution in [1.29, 1.82) is 0 Å². The van der Waals surface area contributed by atoms with Crippen molar-refractivity contribution in [3.63, 3.8) is 0 Å². The summed E-state index contributed by atoms with van der Waals surface area (Å²) in [6.45, 7) is 8.34. The van der Waals surface area contributed by atoms with Crippen molar-refractivity contribution in [2.24, 2.45) is 41.4 Å². The first kappa shape index (κ1) is 23.1. The van der Waals surface area contributed by atoms with Gasteiger partial charge in [-0.1, -0.05) is 100.0 Å². The van der Waals surface area contributed by atoms with E-state index in [0.29, 0.717) is 0 Å². The summed E-state index contributed by atoms with van der Waals surface area (Å²) in [5, 5.41) is 0. The third kappa shape index (κ3) is 3.85. The Hall–Kier alpha value is -1.34. The molecule has 0 saturated heterocycles. The fourth-order valence-electron chi connectivity index (χ4n) is 10.3. The van der Waals surface area contributed by atoms with E-state index in [0.717, 1.165) is 52.5 Å². The predicted octanol–water partition coefficient (Wildman–Crippen LogP) is 9.54. The van der Waals surface area contributed by atoms with Gasteiger partial charge in [0, 0.05) is 0 Å². The summed E-state index contributed by atoms with van der Waals surface area (Å²) < 4.78 is 0. The molecule has 3 saturated carbocycles. The molecule has 0 bridgehead atoms. The molecule has 0 N–H and O–H groups in total. The van der Waals surface area contributed by atoms with Gasteiger partial charge in [-0.05, 0) is 102 Å². The van der Waals surface area contributed by atoms with Crippen LogP contribution in [0.2, 0.25) is 24.2 Å². The second-order valence-corrected chi connectivity index (χ2v) is 18.3. The monoisotopic (exact) mass is 470 g/mol. The van der Waals surface area contributed by atoms with Crippen LogP contribution in [0, 0.1) is 41.4 Å². The van der Waals surface area contributed by atoms with Crippen LogP contribution in [0.25, 0.3) is 5.57 Å². The molecule has 6 rings (SSSR count). The molecule has 182 valence electrons. The first-order valence-corrected chi connectivity index (χ1v) is 17.8. The van der Waals surface area contributed by atoms with Crippen LogP contribution in [0.5, 0.6) is 0 Å². The van der Waals surface area contributed by atoms with Crippen LogP contribution in [-0.2, 0) is 0 Å². The standard InChI is InChI=1S/C33H46Si/c1-23-22-31-27(25-14-8-5-9-15-25)17-11-19-30(31)33(23)34(2,3)32-21-20-28-26(16-10-18-29(28)32)24-12-6-4-7-13-24/h4,6-8,10,12-14,16,18,23,25,27-33H,5,9,11,15,17,19-22H2,1-3H3/t23?,25-,27+,28?,29?,30?,31?,32?,33?/m0/s1. The average Bonchev–Trinajstić information content (AvgIpc) is 3.46. The van der Waals surface area contributed by atoms with Crippen molar-refractivity contribution < 1.29 is 0 Å². The van der Waals surface area contributed by atoms with Gasteiger partial charge in [-0.2, -0.15) is 0 Å². The minimum atomic E-state index is -1.42. The minimum Gasteiger partial charge on any atom is -0.0882 e. The van der Waals surface area contributed by atoms with Crippen molar-refractivity contribution in [2.45, 2.75) is 88.9 Å². The number of hydrogen-bond acceptors (Lipinski definition) is 0. The third-order valence-corrected chi connectivity index (χ3v) is 16.7. The van der Waals surface area contributed by atoms with Gasteiger partial charge in [-0.15, -0.1) is 0 Å². The van der Waals surface area contributed by atoms with E-state index in [1.807, 2.05) is 0 Å². The van der Waals surface area contributed by atoms with Crippen LogP contribution >= 0.6 is 0 Å². The highest BCUT2D eigenvalue weighted by atomic mass is 28.3. The van der Waals surface area contributed by atoms with E-state index in [1.54, 1.807) is 5.57 Å². The van der Waals surface area contributed by atoms with Gasteiger partial charge in [0.05, 0.1) is 8.07 Å². The highest BCUT2D eigenvalue weighted by molar-refractivity contribution is 6.80. The molecular weight excluding hydrogens is 424 g/mol. The third-order valence-electron chi connectivity index (χ3n) is 11.4. The highest BCUT2D eigenvalue weighted by Crippen LogP contribution is 2.64. The molecule has 0 aliphatic heterocycles. The summed E-state index contributed by atoms with van der Waals surface area (Å²) in [4.78, 5) is 0. The van der Waals surface area contributed by atoms with E-state index in [9.17, 15) is 0 Å². The summed E-state index contributed by atoms with van der Waals surface area (Å²) in [6, 6.07) is 11.3. The van der Waals surface area contributed by atoms with Crippen LogP contribution < -0.4 is 0 Å². The molecule has 0 amide bonds. The molecular formula is C33H46Si. The maximum atomic E-state index is 2.84. The average molecular weight is 471 g/mol. The zero-order valence-corrected chi connectivity index (χ0v) is 22.8. The number of hydrogen-bond donors (Lipinski definition) is 0. The van der Waals surface area contributed by atoms with E-state index in [2.05, 4.69) is 80.7 Å². The molecule has 3 fully saturated rings. The predicted molar refractivity (Wildman–Crippen MR) is 149 cm³/mol. The van der Waals surface area contributed by atoms with Crippen LogP contribution in [0.4, 0.5) is 0 Å². The Labute approximate surface area is 210 Å². The van der Waals surface area contributed by atoms with Gasteiger partial charge in [0.15, 0.2) is 0 Å². The van der Waals surface area contributed by atoms with Gasteiger partial charge in [0.2, 0.25) is 0 Å². The summed E-state index contributed by atoms with van der Waals surface area (Å²) in [7, 11) is -1.42. The summed E-state index contributed by atoms with van der Waals surface area (Å²) in [5.74, 6) is 6.42. The molecule has 0 nitrogen and oxygen atoms in total. The minimum absolute atomic E-state index is 0.753. The van der Waals surface area contributed by atoms with Crippen LogP contribution in [0.3, 0.4) is 0 Å². The number of rotatable bonds is 4. The van der Waals surface area contributed by atoms with E-state index < -0.39 is 8.07 Å². The van der Waals surface area contributed by atoms with Crippen molar-refractivity contribution in [3.05, 3.63) is 66.3 Å². The summed E-state index contributed by atoms with van der Waals surface area (Å²) in [6.07, 6.45) is 25.8. The Kier molecular flexibility index (Phi) is 6.29. The molecule has 9 atom stereocenters. The normalized spacial score (nSPS) is 41.7. The van der Waals surface area contributed by atoms with Crippen molar-refractivity contribution in [2.75, 3.05) is 0 Å². The van der Waals surface area contributed by atoms with Gasteiger partial charge < -0.3 is 0 Å². The lowest BCUT2D eigenvalue weighted by Crippen LogP contribution is -2.45. The molecule has 7 unspecified atom stereocenters. The maximum Gasteiger partial charge on any atom is 0.0547 e. The van der Waals surface area contributed by atoms with E-state index in [-0.39, 0.29) is 0 Å².